The molecule has 0 bridgehead atoms. The second-order valence-corrected chi connectivity index (χ2v) is 11.5. The van der Waals surface area contributed by atoms with Gasteiger partial charge in [-0.05, 0) is 87.5 Å². The molecule has 2 unspecified atom stereocenters. The molecule has 1 aliphatic heterocycles. The second kappa shape index (κ2) is 14.6. The molecule has 0 aliphatic carbocycles. The van der Waals surface area contributed by atoms with Gasteiger partial charge in [-0.3, -0.25) is 9.59 Å². The van der Waals surface area contributed by atoms with Gasteiger partial charge in [0.2, 0.25) is 0 Å². The number of hydrogen-bond acceptors (Lipinski definition) is 6. The lowest BCUT2D eigenvalue weighted by Gasteiger charge is -2.37. The number of nitrogens with zero attached hydrogens (tertiary/aromatic N) is 3. The van der Waals surface area contributed by atoms with Gasteiger partial charge in [0, 0.05) is 63.8 Å². The highest BCUT2D eigenvalue weighted by atomic mass is 19.1. The van der Waals surface area contributed by atoms with Gasteiger partial charge < -0.3 is 24.6 Å². The van der Waals surface area contributed by atoms with E-state index in [1.807, 2.05) is 36.9 Å². The molecular formula is C33H43FN4O4. The van der Waals surface area contributed by atoms with Crippen LogP contribution >= 0.6 is 0 Å². The smallest absolute Gasteiger partial charge is 0.272 e. The molecule has 2 heterocycles. The molecule has 2 atom stereocenters. The molecule has 2 aromatic carbocycles. The van der Waals surface area contributed by atoms with Gasteiger partial charge in [-0.1, -0.05) is 12.1 Å². The maximum Gasteiger partial charge on any atom is 0.272 e. The van der Waals surface area contributed by atoms with E-state index in [1.165, 1.54) is 12.1 Å². The lowest BCUT2D eigenvalue weighted by atomic mass is 9.81. The first-order chi connectivity index (χ1) is 20.2. The first-order valence-electron chi connectivity index (χ1n) is 14.7. The number of halogens is 1. The molecule has 8 nitrogen and oxygen atoms in total. The molecule has 1 aliphatic rings. The van der Waals surface area contributed by atoms with Crippen molar-refractivity contribution in [2.75, 3.05) is 54.1 Å². The van der Waals surface area contributed by atoms with Gasteiger partial charge in [0.15, 0.2) is 0 Å². The number of piperidine rings is 1. The second-order valence-electron chi connectivity index (χ2n) is 11.5. The molecule has 0 radical (unpaired) electrons. The van der Waals surface area contributed by atoms with E-state index < -0.39 is 0 Å². The third-order valence-corrected chi connectivity index (χ3v) is 7.86. The van der Waals surface area contributed by atoms with E-state index >= 15 is 0 Å². The Kier molecular flexibility index (Phi) is 10.9. The van der Waals surface area contributed by atoms with Crippen molar-refractivity contribution in [1.82, 2.24) is 20.1 Å². The number of carbonyl (C=O) groups excluding carboxylic acids is 2. The van der Waals surface area contributed by atoms with E-state index in [1.54, 1.807) is 38.2 Å². The highest BCUT2D eigenvalue weighted by Gasteiger charge is 2.31. The predicted molar refractivity (Wildman–Crippen MR) is 162 cm³/mol. The standard InChI is InChI=1S/C33H43FN4O4/c1-22(2)38(21-26-20-35-13-12-24(26)16-23-8-6-9-25(17-23)32(39)37(3)4)33(40)30-19-31(42-15-7-14-41-5)28-18-27(34)10-11-29(28)36-30/h6,8-11,17-19,22,24,26,35H,7,12-16,20-21H2,1-5H3. The molecule has 1 fully saturated rings. The molecule has 9 heteroatoms. The van der Waals surface area contributed by atoms with E-state index in [0.29, 0.717) is 54.3 Å². The lowest BCUT2D eigenvalue weighted by Crippen LogP contribution is -2.48. The summed E-state index contributed by atoms with van der Waals surface area (Å²) in [6.07, 6.45) is 2.48. The van der Waals surface area contributed by atoms with E-state index in [0.717, 1.165) is 31.5 Å². The molecule has 1 N–H and O–H groups in total. The number of nitrogens with one attached hydrogen (secondary N) is 1. The van der Waals surface area contributed by atoms with Gasteiger partial charge in [0.1, 0.15) is 17.3 Å². The van der Waals surface area contributed by atoms with Crippen LogP contribution in [0.3, 0.4) is 0 Å². The zero-order valence-corrected chi connectivity index (χ0v) is 25.4. The van der Waals surface area contributed by atoms with Gasteiger partial charge in [-0.15, -0.1) is 0 Å². The van der Waals surface area contributed by atoms with Crippen molar-refractivity contribution in [3.05, 3.63) is 71.2 Å². The third kappa shape index (κ3) is 7.83. The Hall–Kier alpha value is -3.56. The number of hydrogen-bond donors (Lipinski definition) is 1. The van der Waals surface area contributed by atoms with Gasteiger partial charge in [0.05, 0.1) is 12.1 Å². The highest BCUT2D eigenvalue weighted by Crippen LogP contribution is 2.29. The molecule has 0 saturated carbocycles. The molecular weight excluding hydrogens is 535 g/mol. The van der Waals surface area contributed by atoms with E-state index in [9.17, 15) is 14.0 Å². The Morgan fingerprint density at radius 1 is 1.07 bits per heavy atom. The van der Waals surface area contributed by atoms with Crippen LogP contribution in [0.4, 0.5) is 4.39 Å². The number of benzene rings is 2. The minimum Gasteiger partial charge on any atom is -0.493 e. The van der Waals surface area contributed by atoms with Gasteiger partial charge in [-0.25, -0.2) is 9.37 Å². The first-order valence-corrected chi connectivity index (χ1v) is 14.7. The summed E-state index contributed by atoms with van der Waals surface area (Å²) in [5.74, 6) is 0.423. The molecule has 4 rings (SSSR count). The summed E-state index contributed by atoms with van der Waals surface area (Å²) >= 11 is 0. The molecule has 1 aromatic heterocycles. The van der Waals surface area contributed by atoms with Crippen LogP contribution in [0, 0.1) is 17.7 Å². The maximum absolute atomic E-state index is 14.1. The molecule has 42 heavy (non-hydrogen) atoms. The number of pyridine rings is 1. The number of carbonyl (C=O) groups is 2. The predicted octanol–water partition coefficient (Wildman–Crippen LogP) is 4.81. The number of amides is 2. The monoisotopic (exact) mass is 578 g/mol. The Balaban J connectivity index is 1.56. The summed E-state index contributed by atoms with van der Waals surface area (Å²) in [7, 11) is 5.15. The molecule has 1 saturated heterocycles. The van der Waals surface area contributed by atoms with Crippen molar-refractivity contribution >= 4 is 22.7 Å². The van der Waals surface area contributed by atoms with Gasteiger partial charge >= 0.3 is 0 Å². The number of rotatable bonds is 12. The zero-order chi connectivity index (χ0) is 30.2. The average Bonchev–Trinajstić information content (AvgIpc) is 2.98. The van der Waals surface area contributed by atoms with Crippen molar-refractivity contribution in [1.29, 1.82) is 0 Å². The Morgan fingerprint density at radius 3 is 2.62 bits per heavy atom. The van der Waals surface area contributed by atoms with Gasteiger partial charge in [-0.2, -0.15) is 0 Å². The number of ether oxygens (including phenoxy) is 2. The number of methoxy groups -OCH3 is 1. The molecule has 3 aromatic rings. The van der Waals surface area contributed by atoms with Crippen molar-refractivity contribution in [3.63, 3.8) is 0 Å². The van der Waals surface area contributed by atoms with Crippen LogP contribution in [0.1, 0.15) is 53.1 Å². The normalized spacial score (nSPS) is 16.9. The summed E-state index contributed by atoms with van der Waals surface area (Å²) in [5.41, 5.74) is 2.60. The maximum atomic E-state index is 14.1. The van der Waals surface area contributed by atoms with E-state index in [-0.39, 0.29) is 35.3 Å². The fraction of sp³-hybridized carbons (Fsp3) is 0.485. The van der Waals surface area contributed by atoms with Crippen molar-refractivity contribution < 1.29 is 23.5 Å². The van der Waals surface area contributed by atoms with Crippen molar-refractivity contribution in [3.8, 4) is 5.75 Å². The summed E-state index contributed by atoms with van der Waals surface area (Å²) in [5, 5.41) is 4.04. The molecule has 226 valence electrons. The van der Waals surface area contributed by atoms with Crippen LogP contribution in [0.2, 0.25) is 0 Å². The van der Waals surface area contributed by atoms with Gasteiger partial charge in [0.25, 0.3) is 11.8 Å². The molecule has 2 amide bonds. The largest absolute Gasteiger partial charge is 0.493 e. The SMILES string of the molecule is COCCCOc1cc(C(=O)N(CC2CNCCC2Cc2cccc(C(=O)N(C)C)c2)C(C)C)nc2ccc(F)cc12. The highest BCUT2D eigenvalue weighted by molar-refractivity contribution is 5.97. The Morgan fingerprint density at radius 2 is 1.88 bits per heavy atom. The summed E-state index contributed by atoms with van der Waals surface area (Å²) < 4.78 is 25.2. The topological polar surface area (TPSA) is 84.0 Å². The third-order valence-electron chi connectivity index (χ3n) is 7.86. The van der Waals surface area contributed by atoms with Crippen LogP contribution in [-0.4, -0.2) is 86.7 Å². The first kappa shape index (κ1) is 31.4. The summed E-state index contributed by atoms with van der Waals surface area (Å²) in [6.45, 7) is 7.22. The fourth-order valence-corrected chi connectivity index (χ4v) is 5.56. The van der Waals surface area contributed by atoms with Crippen LogP contribution in [0.5, 0.6) is 5.75 Å². The number of fused-ring (bicyclic) bond motifs is 1. The lowest BCUT2D eigenvalue weighted by molar-refractivity contribution is 0.0618. The summed E-state index contributed by atoms with van der Waals surface area (Å²) in [4.78, 5) is 34.6. The minimum absolute atomic E-state index is 0.0111. The van der Waals surface area contributed by atoms with Crippen LogP contribution in [-0.2, 0) is 11.2 Å². The van der Waals surface area contributed by atoms with Crippen molar-refractivity contribution in [2.45, 2.75) is 39.2 Å². The van der Waals surface area contributed by atoms with E-state index in [2.05, 4.69) is 16.4 Å². The van der Waals surface area contributed by atoms with Crippen molar-refractivity contribution in [2.24, 2.45) is 11.8 Å². The quantitative estimate of drug-likeness (QED) is 0.311. The molecule has 0 spiro atoms. The summed E-state index contributed by atoms with van der Waals surface area (Å²) in [6, 6.07) is 13.8. The fourth-order valence-electron chi connectivity index (χ4n) is 5.56. The Bertz CT molecular complexity index is 1380. The Labute approximate surface area is 248 Å². The van der Waals surface area contributed by atoms with Crippen LogP contribution in [0.15, 0.2) is 48.5 Å². The minimum atomic E-state index is -0.388. The zero-order valence-electron chi connectivity index (χ0n) is 25.4. The number of aromatic nitrogens is 1. The van der Waals surface area contributed by atoms with E-state index in [4.69, 9.17) is 9.47 Å². The van der Waals surface area contributed by atoms with Crippen LogP contribution < -0.4 is 10.1 Å². The van der Waals surface area contributed by atoms with Crippen LogP contribution in [0.25, 0.3) is 10.9 Å². The average molecular weight is 579 g/mol.